The van der Waals surface area contributed by atoms with Crippen LogP contribution in [0.4, 0.5) is 11.4 Å². The van der Waals surface area contributed by atoms with Gasteiger partial charge < -0.3 is 14.3 Å². The van der Waals surface area contributed by atoms with E-state index >= 15 is 0 Å². The van der Waals surface area contributed by atoms with Crippen molar-refractivity contribution in [2.24, 2.45) is 0 Å². The molecule has 8 aromatic carbocycles. The third kappa shape index (κ3) is 5.37. The van der Waals surface area contributed by atoms with E-state index in [0.717, 1.165) is 46.2 Å². The highest BCUT2D eigenvalue weighted by Gasteiger charge is 2.39. The van der Waals surface area contributed by atoms with Crippen LogP contribution in [0.3, 0.4) is 0 Å². The molecule has 0 atom stereocenters. The SMILES string of the molecule is CC(C)(C)c1ccc(Nc2cc3c(cc2-c2c4c5c(c6cc7c(cc6n5-c5cc6c(cc5B4)sc4ccccc46)C(C)(C)CCC7(C)C)c4sc5ccccc5c24)oc2ccccc23)cc1. The van der Waals surface area contributed by atoms with E-state index in [2.05, 4.69) is 192 Å². The molecular formula is C60H49BN2OS2. The summed E-state index contributed by atoms with van der Waals surface area (Å²) in [5.74, 6) is 0. The zero-order valence-electron chi connectivity index (χ0n) is 38.5. The number of benzene rings is 8. The minimum absolute atomic E-state index is 0.0585. The molecule has 12 aromatic rings. The Kier molecular flexibility index (Phi) is 7.77. The van der Waals surface area contributed by atoms with Crippen molar-refractivity contribution in [1.29, 1.82) is 0 Å². The van der Waals surface area contributed by atoms with Gasteiger partial charge in [0.25, 0.3) is 0 Å². The number of para-hydroxylation sites is 1. The molecule has 0 saturated heterocycles. The van der Waals surface area contributed by atoms with Gasteiger partial charge in [0, 0.05) is 84.5 Å². The summed E-state index contributed by atoms with van der Waals surface area (Å²) in [6.07, 6.45) is 2.35. The number of aromatic nitrogens is 1. The van der Waals surface area contributed by atoms with E-state index in [1.807, 2.05) is 22.7 Å². The maximum absolute atomic E-state index is 6.80. The Morgan fingerprint density at radius 1 is 0.606 bits per heavy atom. The van der Waals surface area contributed by atoms with Gasteiger partial charge in [-0.05, 0) is 124 Å². The monoisotopic (exact) mass is 888 g/mol. The molecule has 0 spiro atoms. The van der Waals surface area contributed by atoms with Gasteiger partial charge >= 0.3 is 0 Å². The third-order valence-corrected chi connectivity index (χ3v) is 17.9. The van der Waals surface area contributed by atoms with E-state index in [-0.39, 0.29) is 16.2 Å². The fourth-order valence-electron chi connectivity index (χ4n) is 12.0. The van der Waals surface area contributed by atoms with Crippen LogP contribution < -0.4 is 16.2 Å². The summed E-state index contributed by atoms with van der Waals surface area (Å²) in [7, 11) is 0.816. The van der Waals surface area contributed by atoms with Crippen LogP contribution in [-0.4, -0.2) is 11.8 Å². The average molecular weight is 889 g/mol. The molecule has 66 heavy (non-hydrogen) atoms. The first-order valence-electron chi connectivity index (χ1n) is 23.6. The molecule has 4 aromatic heterocycles. The number of fused-ring (bicyclic) bond motifs is 16. The first kappa shape index (κ1) is 38.9. The average Bonchev–Trinajstić information content (AvgIpc) is 4.06. The molecule has 1 aliphatic heterocycles. The van der Waals surface area contributed by atoms with Crippen molar-refractivity contribution in [3.8, 4) is 16.8 Å². The lowest BCUT2D eigenvalue weighted by molar-refractivity contribution is 0.332. The molecule has 0 radical (unpaired) electrons. The fourth-order valence-corrected chi connectivity index (χ4v) is 14.4. The maximum Gasteiger partial charge on any atom is 0.198 e. The summed E-state index contributed by atoms with van der Waals surface area (Å²) in [6.45, 7) is 16.7. The Hall–Kier alpha value is -6.34. The van der Waals surface area contributed by atoms with Gasteiger partial charge in [-0.1, -0.05) is 121 Å². The quantitative estimate of drug-likeness (QED) is 0.179. The molecule has 320 valence electrons. The van der Waals surface area contributed by atoms with E-state index in [1.165, 1.54) is 114 Å². The van der Waals surface area contributed by atoms with Crippen LogP contribution in [0.25, 0.3) is 101 Å². The molecular weight excluding hydrogens is 840 g/mol. The summed E-state index contributed by atoms with van der Waals surface area (Å²) < 4.78 is 14.9. The van der Waals surface area contributed by atoms with Gasteiger partial charge in [-0.2, -0.15) is 0 Å². The van der Waals surface area contributed by atoms with Gasteiger partial charge in [0.05, 0.1) is 11.0 Å². The van der Waals surface area contributed by atoms with Crippen LogP contribution in [-0.2, 0) is 16.2 Å². The van der Waals surface area contributed by atoms with Crippen LogP contribution >= 0.6 is 22.7 Å². The largest absolute Gasteiger partial charge is 0.456 e. The van der Waals surface area contributed by atoms with Crippen molar-refractivity contribution in [2.45, 2.75) is 77.6 Å². The standard InChI is InChI=1S/C60H49BN2OS2/c1-58(2,3)32-20-22-33(23-21-32)62-44-27-37-34-14-8-11-17-47(34)64-48(37)29-39(44)52-53-36-16-10-13-19-50(36)66-57(53)54-40-26-41-42(60(6,7)25-24-59(41,4)5)30-45(40)63-46-28-38-35-15-9-12-18-49(35)65-51(38)31-43(46)61-55(52)56(54)63/h8-23,26-31,61-62H,24-25H2,1-7H3. The molecule has 0 bridgehead atoms. The van der Waals surface area contributed by atoms with E-state index in [1.54, 1.807) is 0 Å². The van der Waals surface area contributed by atoms with Gasteiger partial charge in [0.2, 0.25) is 0 Å². The molecule has 6 heteroatoms. The normalized spacial score (nSPS) is 15.4. The van der Waals surface area contributed by atoms with Crippen molar-refractivity contribution < 1.29 is 4.42 Å². The second-order valence-electron chi connectivity index (χ2n) is 21.6. The fraction of sp³-hybridized carbons (Fsp3) is 0.200. The molecule has 0 unspecified atom stereocenters. The first-order valence-corrected chi connectivity index (χ1v) is 25.2. The lowest BCUT2D eigenvalue weighted by Crippen LogP contribution is -2.37. The van der Waals surface area contributed by atoms with Crippen LogP contribution in [0.1, 0.15) is 78.0 Å². The van der Waals surface area contributed by atoms with Crippen LogP contribution in [0.5, 0.6) is 0 Å². The number of anilines is 2. The van der Waals surface area contributed by atoms with Gasteiger partial charge in [0.1, 0.15) is 11.2 Å². The van der Waals surface area contributed by atoms with Crippen LogP contribution in [0.2, 0.25) is 0 Å². The highest BCUT2D eigenvalue weighted by atomic mass is 32.1. The topological polar surface area (TPSA) is 30.1 Å². The van der Waals surface area contributed by atoms with Crippen molar-refractivity contribution in [2.75, 3.05) is 5.32 Å². The minimum Gasteiger partial charge on any atom is -0.456 e. The van der Waals surface area contributed by atoms with Gasteiger partial charge in [0.15, 0.2) is 7.28 Å². The molecule has 0 fully saturated rings. The highest BCUT2D eigenvalue weighted by Crippen LogP contribution is 2.53. The summed E-state index contributed by atoms with van der Waals surface area (Å²) in [5.41, 5.74) is 17.6. The molecule has 14 rings (SSSR count). The Morgan fingerprint density at radius 3 is 2.05 bits per heavy atom. The molecule has 1 aliphatic carbocycles. The third-order valence-electron chi connectivity index (χ3n) is 15.6. The smallest absolute Gasteiger partial charge is 0.198 e. The van der Waals surface area contributed by atoms with E-state index in [0.29, 0.717) is 0 Å². The number of hydrogen-bond acceptors (Lipinski definition) is 4. The number of thiophene rings is 2. The number of furan rings is 1. The molecule has 5 heterocycles. The molecule has 1 N–H and O–H groups in total. The van der Waals surface area contributed by atoms with Gasteiger partial charge in [-0.15, -0.1) is 22.7 Å². The second-order valence-corrected chi connectivity index (χ2v) is 23.7. The predicted octanol–water partition coefficient (Wildman–Crippen LogP) is 16.2. The first-order chi connectivity index (χ1) is 31.8. The van der Waals surface area contributed by atoms with Gasteiger partial charge in [-0.3, -0.25) is 0 Å². The Bertz CT molecular complexity index is 4090. The molecule has 3 nitrogen and oxygen atoms in total. The summed E-state index contributed by atoms with van der Waals surface area (Å²) >= 11 is 3.88. The lowest BCUT2D eigenvalue weighted by atomic mass is 9.58. The van der Waals surface area contributed by atoms with E-state index < -0.39 is 0 Å². The van der Waals surface area contributed by atoms with Crippen molar-refractivity contribution in [1.82, 2.24) is 4.57 Å². The van der Waals surface area contributed by atoms with E-state index in [4.69, 9.17) is 4.42 Å². The molecule has 2 aliphatic rings. The Labute approximate surface area is 392 Å². The summed E-state index contributed by atoms with van der Waals surface area (Å²) in [5, 5.41) is 14.4. The Balaban J connectivity index is 1.17. The minimum atomic E-state index is 0.0585. The predicted molar refractivity (Wildman–Crippen MR) is 289 cm³/mol. The van der Waals surface area contributed by atoms with Crippen LogP contribution in [0, 0.1) is 0 Å². The van der Waals surface area contributed by atoms with Gasteiger partial charge in [-0.25, -0.2) is 0 Å². The van der Waals surface area contributed by atoms with E-state index in [9.17, 15) is 0 Å². The van der Waals surface area contributed by atoms with Crippen molar-refractivity contribution in [3.63, 3.8) is 0 Å². The Morgan fingerprint density at radius 2 is 1.29 bits per heavy atom. The number of rotatable bonds is 3. The molecule has 0 amide bonds. The summed E-state index contributed by atoms with van der Waals surface area (Å²) in [4.78, 5) is 0. The number of nitrogens with one attached hydrogen (secondary N) is 1. The number of hydrogen-bond donors (Lipinski definition) is 1. The summed E-state index contributed by atoms with van der Waals surface area (Å²) in [6, 6.07) is 50.6. The van der Waals surface area contributed by atoms with Crippen molar-refractivity contribution >= 4 is 136 Å². The zero-order valence-corrected chi connectivity index (χ0v) is 40.1. The van der Waals surface area contributed by atoms with Crippen LogP contribution in [0.15, 0.2) is 138 Å². The highest BCUT2D eigenvalue weighted by molar-refractivity contribution is 7.27. The zero-order chi connectivity index (χ0) is 44.6. The number of nitrogens with zero attached hydrogens (tertiary/aromatic N) is 1. The molecule has 0 saturated carbocycles. The maximum atomic E-state index is 6.80. The second kappa shape index (κ2) is 13.2. The van der Waals surface area contributed by atoms with Crippen molar-refractivity contribution in [3.05, 3.63) is 150 Å². The lowest BCUT2D eigenvalue weighted by Gasteiger charge is -2.42.